The van der Waals surface area contributed by atoms with Crippen LogP contribution in [0.25, 0.3) is 0 Å². The average molecular weight is 586 g/mol. The molecule has 5 fully saturated rings. The zero-order valence-electron chi connectivity index (χ0n) is 16.1. The fourth-order valence-corrected chi connectivity index (χ4v) is 14.4. The fraction of sp³-hybridized carbons (Fsp3) is 0.950. The number of alkyl halides is 2. The van der Waals surface area contributed by atoms with Crippen molar-refractivity contribution in [1.29, 1.82) is 0 Å². The second-order valence-corrected chi connectivity index (χ2v) is 16.5. The van der Waals surface area contributed by atoms with Crippen molar-refractivity contribution in [3.63, 3.8) is 0 Å². The molecule has 2 N–H and O–H groups in total. The maximum atomic E-state index is 13.4. The molecule has 0 aromatic carbocycles. The third kappa shape index (κ3) is 2.59. The molecule has 6 heteroatoms. The minimum absolute atomic E-state index is 0.0238. The van der Waals surface area contributed by atoms with Gasteiger partial charge in [0.15, 0.2) is 0 Å². The molecule has 5 aliphatic rings. The van der Waals surface area contributed by atoms with Crippen LogP contribution in [0.4, 0.5) is 0 Å². The van der Waals surface area contributed by atoms with Gasteiger partial charge in [-0.25, -0.2) is 0 Å². The Hall–Kier alpha value is 0.850. The van der Waals surface area contributed by atoms with E-state index in [0.29, 0.717) is 5.41 Å². The molecule has 3 aliphatic carbocycles. The molecule has 0 amide bonds. The van der Waals surface area contributed by atoms with Gasteiger partial charge >= 0.3 is 180 Å². The molecule has 0 aromatic heterocycles. The van der Waals surface area contributed by atoms with Crippen molar-refractivity contribution in [2.75, 3.05) is 0 Å². The van der Waals surface area contributed by atoms with Gasteiger partial charge in [-0.15, -0.1) is 0 Å². The standard InChI is InChI=1S/C20H32I2N2O2/c1-16(26-15(25)17(2,21)20-22(23-20)24-20)13-18(9-5-3-6-10-18)14-19(16)11-7-4-8-12-19/h23-24H,3-14H2,1-2H3. The first-order chi connectivity index (χ1) is 12.3. The summed E-state index contributed by atoms with van der Waals surface area (Å²) in [4.78, 5) is 13.4. The Morgan fingerprint density at radius 3 is 2.08 bits per heavy atom. The van der Waals surface area contributed by atoms with Crippen LogP contribution in [0.5, 0.6) is 0 Å². The summed E-state index contributed by atoms with van der Waals surface area (Å²) in [5, 5.41) is 0. The van der Waals surface area contributed by atoms with Crippen LogP contribution in [-0.4, -0.2) is 18.7 Å². The summed E-state index contributed by atoms with van der Waals surface area (Å²) in [6, 6.07) is 0. The summed E-state index contributed by atoms with van der Waals surface area (Å²) in [6.45, 7) is 4.38. The first-order valence-electron chi connectivity index (χ1n) is 10.4. The monoisotopic (exact) mass is 586 g/mol. The summed E-state index contributed by atoms with van der Waals surface area (Å²) in [7, 11) is 0. The van der Waals surface area contributed by atoms with Crippen LogP contribution in [-0.2, 0) is 9.53 Å². The number of esters is 1. The Labute approximate surface area is 179 Å². The molecule has 2 spiro atoms. The Bertz CT molecular complexity index is 619. The van der Waals surface area contributed by atoms with E-state index in [1.807, 2.05) is 0 Å². The number of hydrogen-bond acceptors (Lipinski definition) is 4. The van der Waals surface area contributed by atoms with Gasteiger partial charge in [0.05, 0.1) is 0 Å². The van der Waals surface area contributed by atoms with Crippen molar-refractivity contribution in [2.24, 2.45) is 10.8 Å². The van der Waals surface area contributed by atoms with Crippen molar-refractivity contribution < 1.29 is 9.53 Å². The second kappa shape index (κ2) is 5.94. The Morgan fingerprint density at radius 1 is 1.00 bits per heavy atom. The molecule has 2 unspecified atom stereocenters. The molecule has 148 valence electrons. The van der Waals surface area contributed by atoms with E-state index in [9.17, 15) is 4.79 Å². The molecular formula is C20H32I2N2O2. The van der Waals surface area contributed by atoms with Gasteiger partial charge in [0.1, 0.15) is 0 Å². The molecule has 2 aliphatic heterocycles. The number of carbonyl (C=O) groups is 1. The molecular weight excluding hydrogens is 554 g/mol. The number of nitrogens with one attached hydrogen (secondary N) is 2. The molecule has 2 atom stereocenters. The van der Waals surface area contributed by atoms with Crippen LogP contribution in [0.15, 0.2) is 0 Å². The number of carbonyl (C=O) groups excluding carboxylic acids is 1. The summed E-state index contributed by atoms with van der Waals surface area (Å²) < 4.78 is 13.1. The molecule has 2 heterocycles. The molecule has 0 aromatic rings. The number of rotatable bonds is 3. The first-order valence-corrected chi connectivity index (χ1v) is 14.8. The van der Waals surface area contributed by atoms with Gasteiger partial charge in [0, 0.05) is 0 Å². The third-order valence-electron chi connectivity index (χ3n) is 8.28. The Morgan fingerprint density at radius 2 is 1.54 bits per heavy atom. The van der Waals surface area contributed by atoms with Gasteiger partial charge in [-0.3, -0.25) is 0 Å². The van der Waals surface area contributed by atoms with Gasteiger partial charge in [-0.05, 0) is 0 Å². The van der Waals surface area contributed by atoms with Crippen LogP contribution >= 0.6 is 43.0 Å². The predicted molar refractivity (Wildman–Crippen MR) is 120 cm³/mol. The van der Waals surface area contributed by atoms with Gasteiger partial charge in [-0.1, -0.05) is 0 Å². The van der Waals surface area contributed by atoms with E-state index in [1.165, 1.54) is 70.6 Å². The first kappa shape index (κ1) is 18.9. The van der Waals surface area contributed by atoms with Gasteiger partial charge in [0.2, 0.25) is 0 Å². The molecule has 0 radical (unpaired) electrons. The molecule has 4 nitrogen and oxygen atoms in total. The van der Waals surface area contributed by atoms with Crippen LogP contribution in [0.2, 0.25) is 0 Å². The van der Waals surface area contributed by atoms with Crippen molar-refractivity contribution in [2.45, 2.75) is 104 Å². The van der Waals surface area contributed by atoms with Crippen LogP contribution < -0.4 is 7.06 Å². The van der Waals surface area contributed by atoms with Crippen molar-refractivity contribution >= 4 is 48.9 Å². The minimum atomic E-state index is -1.16. The Kier molecular flexibility index (Phi) is 4.31. The quantitative estimate of drug-likeness (QED) is 0.117. The molecule has 5 rings (SSSR count). The summed E-state index contributed by atoms with van der Waals surface area (Å²) in [5.74, 6) is 0.0238. The molecule has 3 saturated carbocycles. The van der Waals surface area contributed by atoms with Crippen LogP contribution in [0.1, 0.15) is 90.9 Å². The fourth-order valence-electron chi connectivity index (χ4n) is 6.62. The summed E-state index contributed by atoms with van der Waals surface area (Å²) >= 11 is 1.19. The van der Waals surface area contributed by atoms with E-state index in [1.54, 1.807) is 0 Å². The number of ether oxygens (including phenoxy) is 1. The molecule has 26 heavy (non-hydrogen) atoms. The van der Waals surface area contributed by atoms with Crippen molar-refractivity contribution in [3.8, 4) is 0 Å². The average Bonchev–Trinajstić information content (AvgIpc) is 3.44. The topological polar surface area (TPSA) is 70.2 Å². The maximum absolute atomic E-state index is 13.4. The van der Waals surface area contributed by atoms with E-state index < -0.39 is 23.8 Å². The van der Waals surface area contributed by atoms with Gasteiger partial charge in [0.25, 0.3) is 0 Å². The van der Waals surface area contributed by atoms with Crippen molar-refractivity contribution in [3.05, 3.63) is 0 Å². The van der Waals surface area contributed by atoms with E-state index in [0.717, 1.165) is 6.42 Å². The van der Waals surface area contributed by atoms with Crippen LogP contribution in [0, 0.1) is 10.8 Å². The summed E-state index contributed by atoms with van der Waals surface area (Å²) in [5.41, 5.74) is 0.404. The van der Waals surface area contributed by atoms with Crippen LogP contribution in [0.3, 0.4) is 0 Å². The number of hydrogen-bond donors (Lipinski definition) is 2. The zero-order chi connectivity index (χ0) is 18.3. The van der Waals surface area contributed by atoms with E-state index >= 15 is 0 Å². The van der Waals surface area contributed by atoms with Gasteiger partial charge in [-0.2, -0.15) is 0 Å². The van der Waals surface area contributed by atoms with E-state index in [4.69, 9.17) is 4.74 Å². The van der Waals surface area contributed by atoms with E-state index in [-0.39, 0.29) is 20.7 Å². The second-order valence-electron chi connectivity index (χ2n) is 10.0. The molecule has 0 bridgehead atoms. The number of fused-ring (bicyclic) bond motifs is 1. The summed E-state index contributed by atoms with van der Waals surface area (Å²) in [6.07, 6.45) is 15.8. The normalized spacial score (nSPS) is 39.3. The molecule has 2 saturated heterocycles. The third-order valence-corrected chi connectivity index (χ3v) is 15.4. The zero-order valence-corrected chi connectivity index (χ0v) is 20.4. The number of halogens is 2. The SMILES string of the molecule is CC1(OC(=O)C(C)(I)C23NI2N3)CC2(CCCCC2)CC12CCCCC2. The van der Waals surface area contributed by atoms with E-state index in [2.05, 4.69) is 43.5 Å². The van der Waals surface area contributed by atoms with Gasteiger partial charge < -0.3 is 0 Å². The predicted octanol–water partition coefficient (Wildman–Crippen LogP) is 5.37. The Balaban J connectivity index is 1.42. The van der Waals surface area contributed by atoms with Crippen molar-refractivity contribution in [1.82, 2.24) is 7.06 Å².